The number of aliphatic carboxylic acids is 1. The fourth-order valence-electron chi connectivity index (χ4n) is 2.35. The normalized spacial score (nSPS) is 10.2. The molecule has 0 aliphatic carbocycles. The molecule has 0 spiro atoms. The molecule has 0 aliphatic rings. The van der Waals surface area contributed by atoms with E-state index in [1.165, 1.54) is 70.6 Å². The van der Waals surface area contributed by atoms with E-state index in [4.69, 9.17) is 5.11 Å². The maximum atomic E-state index is 10.3. The molecule has 0 saturated heterocycles. The van der Waals surface area contributed by atoms with Gasteiger partial charge in [0.1, 0.15) is 0 Å². The number of hydrogen-bond acceptors (Lipinski definition) is 1. The third-order valence-electron chi connectivity index (χ3n) is 3.65. The molecule has 22 heavy (non-hydrogen) atoms. The number of carboxylic acid groups (broad SMARTS) is 1. The quantitative estimate of drug-likeness (QED) is 0.248. The second-order valence-electron chi connectivity index (χ2n) is 5.73. The van der Waals surface area contributed by atoms with Crippen LogP contribution in [-0.2, 0) is 26.5 Å². The molecular weight excluding hydrogens is 312 g/mol. The Morgan fingerprint density at radius 2 is 1.18 bits per heavy atom. The Kier molecular flexibility index (Phi) is 28.2. The van der Waals surface area contributed by atoms with E-state index in [1.807, 2.05) is 0 Å². The van der Waals surface area contributed by atoms with Gasteiger partial charge in [-0.2, -0.15) is 0 Å². The van der Waals surface area contributed by atoms with Gasteiger partial charge in [0, 0.05) is 28.1 Å². The molecule has 0 fully saturated rings. The van der Waals surface area contributed by atoms with E-state index in [9.17, 15) is 4.79 Å². The molecule has 0 amide bonds. The third-order valence-corrected chi connectivity index (χ3v) is 3.65. The van der Waals surface area contributed by atoms with Crippen LogP contribution in [0, 0.1) is 0 Å². The summed E-state index contributed by atoms with van der Waals surface area (Å²) in [5.74, 6) is -0.664. The van der Waals surface area contributed by atoms with Crippen molar-refractivity contribution in [2.75, 3.05) is 0 Å². The molecule has 0 atom stereocenters. The summed E-state index contributed by atoms with van der Waals surface area (Å²) >= 11 is 0. The molecule has 3 N–H and O–H groups in total. The van der Waals surface area contributed by atoms with Crippen LogP contribution in [0.3, 0.4) is 0 Å². The molecule has 0 unspecified atom stereocenters. The predicted molar refractivity (Wildman–Crippen MR) is 90.7 cm³/mol. The third kappa shape index (κ3) is 24.9. The first-order valence-electron chi connectivity index (χ1n) is 8.64. The number of carbonyl (C=O) groups is 1. The van der Waals surface area contributed by atoms with Gasteiger partial charge in [-0.05, 0) is 32.1 Å². The van der Waals surface area contributed by atoms with Crippen LogP contribution >= 0.6 is 0 Å². The van der Waals surface area contributed by atoms with E-state index in [0.29, 0.717) is 6.42 Å². The summed E-state index contributed by atoms with van der Waals surface area (Å²) < 4.78 is 0. The van der Waals surface area contributed by atoms with Gasteiger partial charge in [0.2, 0.25) is 0 Å². The standard InChI is InChI=1S/C18H34O2.H2O.Ti/c1-2-3-4-5-6-7-8-9-10-11-12-13-14-15-16-17-18(19)20;;/h9-10H,2-8,11-17H2,1H3,(H,19,20);1H2;. The first-order chi connectivity index (χ1) is 9.77. The first-order valence-corrected chi connectivity index (χ1v) is 8.64. The minimum Gasteiger partial charge on any atom is -0.481 e. The van der Waals surface area contributed by atoms with E-state index in [0.717, 1.165) is 12.8 Å². The smallest absolute Gasteiger partial charge is 0.303 e. The zero-order chi connectivity index (χ0) is 14.9. The summed E-state index contributed by atoms with van der Waals surface area (Å²) in [6.07, 6.45) is 21.2. The van der Waals surface area contributed by atoms with E-state index in [-0.39, 0.29) is 27.2 Å². The van der Waals surface area contributed by atoms with Gasteiger partial charge in [-0.15, -0.1) is 0 Å². The SMILES string of the molecule is CCCCCCCCC=CCCCCCCCC(=O)O.O.[Ti]. The first kappa shape index (κ1) is 26.8. The van der Waals surface area contributed by atoms with E-state index >= 15 is 0 Å². The van der Waals surface area contributed by atoms with Crippen molar-refractivity contribution in [3.8, 4) is 0 Å². The minimum absolute atomic E-state index is 0. The summed E-state index contributed by atoms with van der Waals surface area (Å²) in [5.41, 5.74) is 0. The van der Waals surface area contributed by atoms with Crippen molar-refractivity contribution in [1.82, 2.24) is 0 Å². The zero-order valence-electron chi connectivity index (χ0n) is 14.4. The average Bonchev–Trinajstić information content (AvgIpc) is 2.43. The van der Waals surface area contributed by atoms with Gasteiger partial charge in [-0.25, -0.2) is 0 Å². The van der Waals surface area contributed by atoms with Gasteiger partial charge in [0.05, 0.1) is 0 Å². The number of unbranched alkanes of at least 4 members (excludes halogenated alkanes) is 11. The Bertz CT molecular complexity index is 242. The van der Waals surface area contributed by atoms with Gasteiger partial charge in [-0.3, -0.25) is 4.79 Å². The molecule has 4 heteroatoms. The van der Waals surface area contributed by atoms with Crippen LogP contribution in [0.1, 0.15) is 96.8 Å². The van der Waals surface area contributed by atoms with Crippen molar-refractivity contribution in [2.45, 2.75) is 96.8 Å². The van der Waals surface area contributed by atoms with Crippen LogP contribution in [0.2, 0.25) is 0 Å². The van der Waals surface area contributed by atoms with Crippen LogP contribution in [0.5, 0.6) is 0 Å². The molecule has 0 saturated carbocycles. The van der Waals surface area contributed by atoms with Gasteiger partial charge >= 0.3 is 5.97 Å². The fraction of sp³-hybridized carbons (Fsp3) is 0.833. The van der Waals surface area contributed by atoms with Crippen molar-refractivity contribution < 1.29 is 37.1 Å². The summed E-state index contributed by atoms with van der Waals surface area (Å²) in [6, 6.07) is 0. The minimum atomic E-state index is -0.664. The zero-order valence-corrected chi connectivity index (χ0v) is 16.0. The molecule has 0 bridgehead atoms. The summed E-state index contributed by atoms with van der Waals surface area (Å²) in [5, 5.41) is 8.51. The van der Waals surface area contributed by atoms with Crippen molar-refractivity contribution in [3.63, 3.8) is 0 Å². The molecule has 3 nitrogen and oxygen atoms in total. The van der Waals surface area contributed by atoms with Crippen LogP contribution in [-0.4, -0.2) is 16.6 Å². The van der Waals surface area contributed by atoms with Crippen molar-refractivity contribution >= 4 is 5.97 Å². The second-order valence-corrected chi connectivity index (χ2v) is 5.73. The average molecular weight is 348 g/mol. The van der Waals surface area contributed by atoms with Gasteiger partial charge < -0.3 is 10.6 Å². The Balaban J connectivity index is -0.00000180. The Morgan fingerprint density at radius 3 is 1.64 bits per heavy atom. The van der Waals surface area contributed by atoms with Crippen molar-refractivity contribution in [2.24, 2.45) is 0 Å². The van der Waals surface area contributed by atoms with Gasteiger partial charge in [0.25, 0.3) is 0 Å². The molecule has 0 aromatic heterocycles. The molecule has 130 valence electrons. The Hall–Kier alpha value is -0.116. The molecule has 0 aromatic carbocycles. The molecule has 0 aromatic rings. The number of rotatable bonds is 15. The van der Waals surface area contributed by atoms with Crippen LogP contribution in [0.15, 0.2) is 12.2 Å². The van der Waals surface area contributed by atoms with E-state index in [2.05, 4.69) is 19.1 Å². The molecule has 0 aliphatic heterocycles. The van der Waals surface area contributed by atoms with Gasteiger partial charge in [-0.1, -0.05) is 70.4 Å². The van der Waals surface area contributed by atoms with Crippen LogP contribution in [0.25, 0.3) is 0 Å². The largest absolute Gasteiger partial charge is 0.481 e. The number of allylic oxidation sites excluding steroid dienone is 2. The van der Waals surface area contributed by atoms with E-state index < -0.39 is 5.97 Å². The Labute approximate surface area is 152 Å². The molecule has 0 heterocycles. The van der Waals surface area contributed by atoms with Crippen LogP contribution in [0.4, 0.5) is 0 Å². The van der Waals surface area contributed by atoms with Crippen molar-refractivity contribution in [1.29, 1.82) is 0 Å². The van der Waals surface area contributed by atoms with E-state index in [1.54, 1.807) is 0 Å². The topological polar surface area (TPSA) is 68.8 Å². The summed E-state index contributed by atoms with van der Waals surface area (Å²) in [4.78, 5) is 10.3. The molecule has 0 radical (unpaired) electrons. The van der Waals surface area contributed by atoms with Gasteiger partial charge in [0.15, 0.2) is 0 Å². The molecular formula is C18H36O3Ti. The Morgan fingerprint density at radius 1 is 0.773 bits per heavy atom. The fourth-order valence-corrected chi connectivity index (χ4v) is 2.35. The monoisotopic (exact) mass is 348 g/mol. The molecule has 0 rings (SSSR count). The maximum absolute atomic E-state index is 10.3. The second kappa shape index (κ2) is 23.2. The van der Waals surface area contributed by atoms with Crippen molar-refractivity contribution in [3.05, 3.63) is 12.2 Å². The number of hydrogen-bond donors (Lipinski definition) is 1. The maximum Gasteiger partial charge on any atom is 0.303 e. The number of carboxylic acids is 1. The summed E-state index contributed by atoms with van der Waals surface area (Å²) in [7, 11) is 0. The predicted octanol–water partition coefficient (Wildman–Crippen LogP) is 5.28. The summed E-state index contributed by atoms with van der Waals surface area (Å²) in [6.45, 7) is 2.26. The van der Waals surface area contributed by atoms with Crippen LogP contribution < -0.4 is 0 Å².